The van der Waals surface area contributed by atoms with E-state index in [2.05, 4.69) is 6.58 Å². The molecule has 1 aliphatic heterocycles. The van der Waals surface area contributed by atoms with Crippen molar-refractivity contribution in [3.8, 4) is 0 Å². The first-order valence-electron chi connectivity index (χ1n) is 6.89. The first kappa shape index (κ1) is 15.3. The normalized spacial score (nSPS) is 22.8. The molecule has 0 N–H and O–H groups in total. The number of ether oxygens (including phenoxy) is 1. The van der Waals surface area contributed by atoms with Crippen LogP contribution in [0.5, 0.6) is 0 Å². The van der Waals surface area contributed by atoms with Gasteiger partial charge in [-0.2, -0.15) is 0 Å². The maximum absolute atomic E-state index is 13.0. The van der Waals surface area contributed by atoms with Crippen molar-refractivity contribution in [2.24, 2.45) is 0 Å². The van der Waals surface area contributed by atoms with Gasteiger partial charge in [0.05, 0.1) is 19.0 Å². The van der Waals surface area contributed by atoms with E-state index in [1.165, 1.54) is 0 Å². The van der Waals surface area contributed by atoms with Crippen molar-refractivity contribution in [1.29, 1.82) is 0 Å². The third-order valence-corrected chi connectivity index (χ3v) is 5.73. The van der Waals surface area contributed by atoms with Crippen LogP contribution in [0.25, 0.3) is 0 Å². The molecule has 0 spiro atoms. The molecule has 0 bridgehead atoms. The van der Waals surface area contributed by atoms with E-state index in [9.17, 15) is 4.57 Å². The van der Waals surface area contributed by atoms with Gasteiger partial charge in [0.15, 0.2) is 0 Å². The summed E-state index contributed by atoms with van der Waals surface area (Å²) in [5, 5.41) is 0. The fraction of sp³-hybridized carbons (Fsp3) is 0.467. The summed E-state index contributed by atoms with van der Waals surface area (Å²) >= 11 is 0. The van der Waals surface area contributed by atoms with Gasteiger partial charge in [-0.15, -0.1) is 0 Å². The van der Waals surface area contributed by atoms with Gasteiger partial charge in [0.25, 0.3) is 0 Å². The Bertz CT molecular complexity index is 490. The van der Waals surface area contributed by atoms with Crippen molar-refractivity contribution in [3.05, 3.63) is 48.2 Å². The molecule has 0 amide bonds. The lowest BCUT2D eigenvalue weighted by atomic mass is 10.1. The summed E-state index contributed by atoms with van der Waals surface area (Å²) in [7, 11) is -3.21. The van der Waals surface area contributed by atoms with E-state index in [0.29, 0.717) is 25.4 Å². The van der Waals surface area contributed by atoms with Gasteiger partial charge >= 0.3 is 7.60 Å². The Hall–Kier alpha value is -1.09. The van der Waals surface area contributed by atoms with Crippen molar-refractivity contribution in [2.75, 3.05) is 13.2 Å². The molecule has 1 saturated heterocycles. The van der Waals surface area contributed by atoms with Crippen molar-refractivity contribution >= 4 is 7.60 Å². The maximum atomic E-state index is 13.0. The fourth-order valence-corrected chi connectivity index (χ4v) is 4.61. The van der Waals surface area contributed by atoms with Gasteiger partial charge in [-0.3, -0.25) is 4.57 Å². The topological polar surface area (TPSA) is 44.8 Å². The molecule has 0 aliphatic carbocycles. The number of hydrogen-bond acceptors (Lipinski definition) is 4. The second-order valence-electron chi connectivity index (χ2n) is 4.63. The minimum Gasteiger partial charge on any atom is -0.490 e. The first-order valence-corrected chi connectivity index (χ1v) is 8.50. The lowest BCUT2D eigenvalue weighted by Gasteiger charge is -2.26. The number of allylic oxidation sites excluding steroid dienone is 1. The van der Waals surface area contributed by atoms with Crippen LogP contribution >= 0.6 is 7.60 Å². The Morgan fingerprint density at radius 1 is 1.25 bits per heavy atom. The van der Waals surface area contributed by atoms with E-state index in [1.807, 2.05) is 44.2 Å². The summed E-state index contributed by atoms with van der Waals surface area (Å²) in [6.07, 6.45) is 0.171. The number of rotatable bonds is 6. The largest absolute Gasteiger partial charge is 0.490 e. The van der Waals surface area contributed by atoms with Crippen LogP contribution < -0.4 is 0 Å². The van der Waals surface area contributed by atoms with Gasteiger partial charge < -0.3 is 13.8 Å². The monoisotopic (exact) mass is 296 g/mol. The van der Waals surface area contributed by atoms with Crippen LogP contribution in [-0.4, -0.2) is 18.9 Å². The van der Waals surface area contributed by atoms with Gasteiger partial charge in [-0.05, 0) is 19.4 Å². The molecule has 2 unspecified atom stereocenters. The van der Waals surface area contributed by atoms with Crippen LogP contribution in [0.3, 0.4) is 0 Å². The summed E-state index contributed by atoms with van der Waals surface area (Å²) in [5.41, 5.74) is 0.632. The fourth-order valence-electron chi connectivity index (χ4n) is 2.45. The highest BCUT2D eigenvalue weighted by molar-refractivity contribution is 7.54. The highest BCUT2D eigenvalue weighted by Gasteiger charge is 2.47. The molecule has 1 fully saturated rings. The van der Waals surface area contributed by atoms with Gasteiger partial charge in [0, 0.05) is 6.42 Å². The second kappa shape index (κ2) is 6.57. The third-order valence-electron chi connectivity index (χ3n) is 3.23. The summed E-state index contributed by atoms with van der Waals surface area (Å²) in [4.78, 5) is 0. The molecule has 1 aromatic carbocycles. The summed E-state index contributed by atoms with van der Waals surface area (Å²) < 4.78 is 29.7. The first-order chi connectivity index (χ1) is 9.60. The Kier molecular flexibility index (Phi) is 5.03. The Morgan fingerprint density at radius 3 is 2.40 bits per heavy atom. The van der Waals surface area contributed by atoms with E-state index in [1.54, 1.807) is 0 Å². The standard InChI is InChI=1S/C15H21O4P/c1-4-17-20(16,18-5-2)14-11-12(3)19-15(14)13-9-7-6-8-10-13/h6-10,14-15H,3-5,11H2,1-2H3. The van der Waals surface area contributed by atoms with Gasteiger partial charge in [-0.25, -0.2) is 0 Å². The predicted molar refractivity (Wildman–Crippen MR) is 78.7 cm³/mol. The molecule has 4 nitrogen and oxygen atoms in total. The number of hydrogen-bond donors (Lipinski definition) is 0. The molecular weight excluding hydrogens is 275 g/mol. The van der Waals surface area contributed by atoms with Crippen LogP contribution in [-0.2, 0) is 18.3 Å². The molecular formula is C15H21O4P. The predicted octanol–water partition coefficient (Wildman–Crippen LogP) is 4.30. The van der Waals surface area contributed by atoms with E-state index in [0.717, 1.165) is 5.56 Å². The average Bonchev–Trinajstić information content (AvgIpc) is 2.83. The zero-order valence-corrected chi connectivity index (χ0v) is 12.8. The maximum Gasteiger partial charge on any atom is 0.338 e. The van der Waals surface area contributed by atoms with Gasteiger partial charge in [0.2, 0.25) is 0 Å². The van der Waals surface area contributed by atoms with Crippen molar-refractivity contribution in [2.45, 2.75) is 32.0 Å². The summed E-state index contributed by atoms with van der Waals surface area (Å²) in [6.45, 7) is 8.18. The van der Waals surface area contributed by atoms with Crippen LogP contribution in [0.2, 0.25) is 0 Å². The molecule has 1 heterocycles. The van der Waals surface area contributed by atoms with E-state index >= 15 is 0 Å². The molecule has 20 heavy (non-hydrogen) atoms. The molecule has 1 aromatic rings. The second-order valence-corrected chi connectivity index (χ2v) is 6.89. The lowest BCUT2D eigenvalue weighted by molar-refractivity contribution is 0.147. The molecule has 2 atom stereocenters. The van der Waals surface area contributed by atoms with Crippen LogP contribution in [0.4, 0.5) is 0 Å². The quantitative estimate of drug-likeness (QED) is 0.734. The van der Waals surface area contributed by atoms with Crippen LogP contribution in [0.1, 0.15) is 31.9 Å². The number of benzene rings is 1. The summed E-state index contributed by atoms with van der Waals surface area (Å²) in [6, 6.07) is 9.72. The molecule has 0 aromatic heterocycles. The van der Waals surface area contributed by atoms with E-state index in [4.69, 9.17) is 13.8 Å². The summed E-state index contributed by atoms with van der Waals surface area (Å²) in [5.74, 6) is 0.628. The molecule has 110 valence electrons. The van der Waals surface area contributed by atoms with Crippen LogP contribution in [0, 0.1) is 0 Å². The van der Waals surface area contributed by atoms with Gasteiger partial charge in [0.1, 0.15) is 11.8 Å². The SMILES string of the molecule is C=C1CC(P(=O)(OCC)OCC)C(c2ccccc2)O1. The molecule has 0 saturated carbocycles. The zero-order chi connectivity index (χ0) is 14.6. The Balaban J connectivity index is 2.32. The Labute approximate surface area is 120 Å². The van der Waals surface area contributed by atoms with Crippen LogP contribution in [0.15, 0.2) is 42.7 Å². The molecule has 2 rings (SSSR count). The highest BCUT2D eigenvalue weighted by Crippen LogP contribution is 2.62. The van der Waals surface area contributed by atoms with Crippen molar-refractivity contribution in [3.63, 3.8) is 0 Å². The minimum atomic E-state index is -3.21. The van der Waals surface area contributed by atoms with Crippen molar-refractivity contribution in [1.82, 2.24) is 0 Å². The zero-order valence-electron chi connectivity index (χ0n) is 12.0. The van der Waals surface area contributed by atoms with Gasteiger partial charge in [-0.1, -0.05) is 36.9 Å². The third kappa shape index (κ3) is 3.14. The minimum absolute atomic E-state index is 0.326. The van der Waals surface area contributed by atoms with E-state index < -0.39 is 7.60 Å². The smallest absolute Gasteiger partial charge is 0.338 e. The molecule has 0 radical (unpaired) electrons. The van der Waals surface area contributed by atoms with Crippen molar-refractivity contribution < 1.29 is 18.3 Å². The highest BCUT2D eigenvalue weighted by atomic mass is 31.2. The Morgan fingerprint density at radius 2 is 1.85 bits per heavy atom. The molecule has 5 heteroatoms. The average molecular weight is 296 g/mol. The lowest BCUT2D eigenvalue weighted by Crippen LogP contribution is -2.17. The van der Waals surface area contributed by atoms with E-state index in [-0.39, 0.29) is 11.8 Å². The molecule has 1 aliphatic rings.